The Morgan fingerprint density at radius 3 is 2.56 bits per heavy atom. The first-order valence-electron chi connectivity index (χ1n) is 4.47. The van der Waals surface area contributed by atoms with Crippen molar-refractivity contribution in [2.24, 2.45) is 0 Å². The van der Waals surface area contributed by atoms with Crippen LogP contribution in [-0.2, 0) is 11.3 Å². The van der Waals surface area contributed by atoms with Gasteiger partial charge in [-0.05, 0) is 19.9 Å². The average molecular weight is 255 g/mol. The van der Waals surface area contributed by atoms with Gasteiger partial charge in [0.25, 0.3) is 0 Å². The first-order chi connectivity index (χ1) is 7.29. The molecule has 0 N–H and O–H groups in total. The lowest BCUT2D eigenvalue weighted by molar-refractivity contribution is -0.217. The molecule has 7 heteroatoms. The highest BCUT2D eigenvalue weighted by molar-refractivity contribution is 6.29. The van der Waals surface area contributed by atoms with Gasteiger partial charge < -0.3 is 4.74 Å². The quantitative estimate of drug-likeness (QED) is 0.778. The second-order valence-corrected chi connectivity index (χ2v) is 3.63. The topological polar surface area (TPSA) is 35.0 Å². The molecule has 1 unspecified atom stereocenters. The molecule has 1 heterocycles. The third-order valence-corrected chi connectivity index (χ3v) is 1.99. The Hall–Kier alpha value is -0.880. The average Bonchev–Trinajstić information content (AvgIpc) is 2.11. The van der Waals surface area contributed by atoms with E-state index in [0.717, 1.165) is 6.92 Å². The normalized spacial score (nSPS) is 13.9. The summed E-state index contributed by atoms with van der Waals surface area (Å²) in [5.74, 6) is 0.140. The van der Waals surface area contributed by atoms with E-state index in [2.05, 4.69) is 14.7 Å². The van der Waals surface area contributed by atoms with Crippen LogP contribution >= 0.6 is 11.6 Å². The first kappa shape index (κ1) is 13.2. The minimum atomic E-state index is -4.38. The van der Waals surface area contributed by atoms with E-state index in [1.54, 1.807) is 6.92 Å². The largest absolute Gasteiger partial charge is 0.414 e. The number of ether oxygens (including phenoxy) is 1. The van der Waals surface area contributed by atoms with Gasteiger partial charge in [-0.2, -0.15) is 13.2 Å². The fourth-order valence-corrected chi connectivity index (χ4v) is 1.20. The minimum Gasteiger partial charge on any atom is -0.361 e. The van der Waals surface area contributed by atoms with Gasteiger partial charge >= 0.3 is 6.18 Å². The number of hydrogen-bond donors (Lipinski definition) is 0. The van der Waals surface area contributed by atoms with Gasteiger partial charge in [-0.3, -0.25) is 0 Å². The van der Waals surface area contributed by atoms with Gasteiger partial charge in [-0.15, -0.1) is 0 Å². The van der Waals surface area contributed by atoms with Crippen LogP contribution in [0.15, 0.2) is 6.07 Å². The highest BCUT2D eigenvalue weighted by Gasteiger charge is 2.36. The summed E-state index contributed by atoms with van der Waals surface area (Å²) in [5.41, 5.74) is 0.582. The van der Waals surface area contributed by atoms with E-state index < -0.39 is 12.3 Å². The van der Waals surface area contributed by atoms with E-state index >= 15 is 0 Å². The Balaban J connectivity index is 2.61. The summed E-state index contributed by atoms with van der Waals surface area (Å²) < 4.78 is 40.9. The van der Waals surface area contributed by atoms with E-state index in [-0.39, 0.29) is 17.6 Å². The van der Waals surface area contributed by atoms with Crippen molar-refractivity contribution in [3.05, 3.63) is 22.7 Å². The Morgan fingerprint density at radius 2 is 2.06 bits per heavy atom. The van der Waals surface area contributed by atoms with E-state index in [1.807, 2.05) is 0 Å². The zero-order valence-corrected chi connectivity index (χ0v) is 9.43. The molecule has 1 rings (SSSR count). The minimum absolute atomic E-state index is 0.140. The van der Waals surface area contributed by atoms with Crippen LogP contribution in [0.2, 0.25) is 5.15 Å². The van der Waals surface area contributed by atoms with Gasteiger partial charge in [0.1, 0.15) is 11.8 Å². The van der Waals surface area contributed by atoms with Crippen molar-refractivity contribution in [1.29, 1.82) is 0 Å². The Bertz CT molecular complexity index is 350. The van der Waals surface area contributed by atoms with Crippen LogP contribution in [0.25, 0.3) is 0 Å². The molecule has 0 bridgehead atoms. The molecule has 0 aliphatic heterocycles. The molecule has 1 aromatic rings. The van der Waals surface area contributed by atoms with Crippen molar-refractivity contribution >= 4 is 11.6 Å². The molecule has 0 spiro atoms. The lowest BCUT2D eigenvalue weighted by Crippen LogP contribution is -2.28. The summed E-state index contributed by atoms with van der Waals surface area (Å²) in [7, 11) is 0. The number of aromatic nitrogens is 2. The van der Waals surface area contributed by atoms with Crippen LogP contribution in [0.3, 0.4) is 0 Å². The molecule has 0 aliphatic rings. The smallest absolute Gasteiger partial charge is 0.361 e. The summed E-state index contributed by atoms with van der Waals surface area (Å²) in [6.07, 6.45) is -6.23. The van der Waals surface area contributed by atoms with E-state index in [0.29, 0.717) is 5.69 Å². The molecule has 1 aromatic heterocycles. The SMILES string of the molecule is Cc1cc(Cl)nc(COC(C)C(F)(F)F)n1. The van der Waals surface area contributed by atoms with Crippen LogP contribution < -0.4 is 0 Å². The van der Waals surface area contributed by atoms with Crippen molar-refractivity contribution < 1.29 is 17.9 Å². The monoisotopic (exact) mass is 254 g/mol. The third kappa shape index (κ3) is 3.94. The van der Waals surface area contributed by atoms with E-state index in [4.69, 9.17) is 11.6 Å². The molecule has 0 amide bonds. The van der Waals surface area contributed by atoms with E-state index in [1.165, 1.54) is 6.07 Å². The summed E-state index contributed by atoms with van der Waals surface area (Å²) in [6, 6.07) is 1.51. The molecule has 0 aromatic carbocycles. The summed E-state index contributed by atoms with van der Waals surface area (Å²) in [5, 5.41) is 0.186. The summed E-state index contributed by atoms with van der Waals surface area (Å²) in [4.78, 5) is 7.65. The predicted molar refractivity (Wildman–Crippen MR) is 52.1 cm³/mol. The third-order valence-electron chi connectivity index (χ3n) is 1.79. The van der Waals surface area contributed by atoms with Gasteiger partial charge in [0.05, 0.1) is 0 Å². The van der Waals surface area contributed by atoms with Gasteiger partial charge in [0.15, 0.2) is 11.9 Å². The molecule has 90 valence electrons. The maximum Gasteiger partial charge on any atom is 0.414 e. The van der Waals surface area contributed by atoms with Crippen molar-refractivity contribution in [3.63, 3.8) is 0 Å². The number of alkyl halides is 3. The van der Waals surface area contributed by atoms with Crippen LogP contribution in [0.5, 0.6) is 0 Å². The maximum absolute atomic E-state index is 12.1. The number of halogens is 4. The van der Waals surface area contributed by atoms with Gasteiger partial charge in [0.2, 0.25) is 0 Å². The van der Waals surface area contributed by atoms with Gasteiger partial charge in [-0.25, -0.2) is 9.97 Å². The fraction of sp³-hybridized carbons (Fsp3) is 0.556. The standard InChI is InChI=1S/C9H10ClF3N2O/c1-5-3-7(10)15-8(14-5)4-16-6(2)9(11,12)13/h3,6H,4H2,1-2H3. The zero-order valence-electron chi connectivity index (χ0n) is 8.68. The molecule has 3 nitrogen and oxygen atoms in total. The Morgan fingerprint density at radius 1 is 1.44 bits per heavy atom. The van der Waals surface area contributed by atoms with Gasteiger partial charge in [0, 0.05) is 5.69 Å². The lowest BCUT2D eigenvalue weighted by atomic mass is 10.4. The number of rotatable bonds is 3. The number of nitrogens with zero attached hydrogens (tertiary/aromatic N) is 2. The first-order valence-corrected chi connectivity index (χ1v) is 4.85. The van der Waals surface area contributed by atoms with Gasteiger partial charge in [-0.1, -0.05) is 11.6 Å². The molecule has 0 radical (unpaired) electrons. The molecular weight excluding hydrogens is 245 g/mol. The van der Waals surface area contributed by atoms with Crippen LogP contribution in [-0.4, -0.2) is 22.2 Å². The Labute approximate surface area is 95.6 Å². The maximum atomic E-state index is 12.1. The van der Waals surface area contributed by atoms with Crippen LogP contribution in [0, 0.1) is 6.92 Å². The molecule has 16 heavy (non-hydrogen) atoms. The lowest BCUT2D eigenvalue weighted by Gasteiger charge is -2.15. The second kappa shape index (κ2) is 4.97. The van der Waals surface area contributed by atoms with Crippen molar-refractivity contribution in [2.75, 3.05) is 0 Å². The predicted octanol–water partition coefficient (Wildman–Crippen LogP) is 2.91. The Kier molecular flexibility index (Phi) is 4.09. The van der Waals surface area contributed by atoms with E-state index in [9.17, 15) is 13.2 Å². The van der Waals surface area contributed by atoms with Crippen molar-refractivity contribution in [1.82, 2.24) is 9.97 Å². The molecule has 1 atom stereocenters. The number of aryl methyl sites for hydroxylation is 1. The molecule has 0 saturated heterocycles. The van der Waals surface area contributed by atoms with Crippen molar-refractivity contribution in [2.45, 2.75) is 32.7 Å². The molecular formula is C9H10ClF3N2O. The summed E-state index contributed by atoms with van der Waals surface area (Å²) in [6.45, 7) is 2.28. The van der Waals surface area contributed by atoms with Crippen molar-refractivity contribution in [3.8, 4) is 0 Å². The highest BCUT2D eigenvalue weighted by Crippen LogP contribution is 2.23. The zero-order chi connectivity index (χ0) is 12.3. The molecule has 0 saturated carbocycles. The number of hydrogen-bond acceptors (Lipinski definition) is 3. The molecule has 0 fully saturated rings. The van der Waals surface area contributed by atoms with Crippen LogP contribution in [0.4, 0.5) is 13.2 Å². The highest BCUT2D eigenvalue weighted by atomic mass is 35.5. The molecule has 0 aliphatic carbocycles. The fourth-order valence-electron chi connectivity index (χ4n) is 0.947. The second-order valence-electron chi connectivity index (χ2n) is 3.24. The van der Waals surface area contributed by atoms with Crippen LogP contribution in [0.1, 0.15) is 18.4 Å². The summed E-state index contributed by atoms with van der Waals surface area (Å²) >= 11 is 5.63.